The van der Waals surface area contributed by atoms with Crippen LogP contribution in [-0.2, 0) is 17.1 Å². The van der Waals surface area contributed by atoms with Crippen molar-refractivity contribution in [3.8, 4) is 5.75 Å². The second-order valence-electron chi connectivity index (χ2n) is 10.1. The van der Waals surface area contributed by atoms with Crippen molar-refractivity contribution in [3.63, 3.8) is 0 Å². The highest BCUT2D eigenvalue weighted by Crippen LogP contribution is 2.31. The Morgan fingerprint density at radius 1 is 1.24 bits per heavy atom. The fourth-order valence-corrected chi connectivity index (χ4v) is 5.38. The predicted molar refractivity (Wildman–Crippen MR) is 150 cm³/mol. The van der Waals surface area contributed by atoms with E-state index in [0.717, 1.165) is 0 Å². The quantitative estimate of drug-likeness (QED) is 0.367. The highest BCUT2D eigenvalue weighted by Gasteiger charge is 2.34. The first-order chi connectivity index (χ1) is 19.4. The van der Waals surface area contributed by atoms with E-state index in [-0.39, 0.29) is 47.6 Å². The Morgan fingerprint density at radius 3 is 2.56 bits per heavy atom. The zero-order valence-electron chi connectivity index (χ0n) is 23.1. The third kappa shape index (κ3) is 6.95. The highest BCUT2D eigenvalue weighted by molar-refractivity contribution is 7.92. The van der Waals surface area contributed by atoms with Crippen LogP contribution in [0.4, 0.5) is 20.6 Å². The van der Waals surface area contributed by atoms with Gasteiger partial charge in [-0.25, -0.2) is 14.2 Å². The SMILES string of the molecule is C[C@@H]1CN([C@@H](C)CO)C(=O)c2cc(NS(=O)(=O)c3cn(C)cn3)ccc2O[C@H]1CN(C)C(=O)Nc1ccc(F)cc1. The van der Waals surface area contributed by atoms with Crippen LogP contribution in [0.5, 0.6) is 5.75 Å². The normalized spacial score (nSPS) is 18.0. The van der Waals surface area contributed by atoms with Crippen molar-refractivity contribution >= 4 is 33.3 Å². The Hall–Kier alpha value is -4.17. The number of urea groups is 1. The molecule has 3 aromatic rings. The Morgan fingerprint density at radius 2 is 1.93 bits per heavy atom. The summed E-state index contributed by atoms with van der Waals surface area (Å²) >= 11 is 0. The largest absolute Gasteiger partial charge is 0.487 e. The smallest absolute Gasteiger partial charge is 0.321 e. The van der Waals surface area contributed by atoms with E-state index in [1.807, 2.05) is 6.92 Å². The second-order valence-corrected chi connectivity index (χ2v) is 11.8. The number of likely N-dealkylation sites (N-methyl/N-ethyl adjacent to an activating group) is 1. The molecular weight excluding hydrogens is 555 g/mol. The lowest BCUT2D eigenvalue weighted by Gasteiger charge is -2.38. The molecule has 0 aliphatic carbocycles. The maximum atomic E-state index is 13.6. The molecule has 3 N–H and O–H groups in total. The number of hydrogen-bond acceptors (Lipinski definition) is 7. The molecule has 12 nitrogen and oxygen atoms in total. The Bertz CT molecular complexity index is 1510. The average molecular weight is 589 g/mol. The van der Waals surface area contributed by atoms with Gasteiger partial charge in [-0.3, -0.25) is 9.52 Å². The lowest BCUT2D eigenvalue weighted by atomic mass is 9.99. The van der Waals surface area contributed by atoms with E-state index in [9.17, 15) is 27.5 Å². The molecule has 0 fully saturated rings. The number of aromatic nitrogens is 2. The molecule has 1 aliphatic heterocycles. The summed E-state index contributed by atoms with van der Waals surface area (Å²) in [5.41, 5.74) is 0.653. The molecule has 3 atom stereocenters. The minimum Gasteiger partial charge on any atom is -0.487 e. The molecule has 2 aromatic carbocycles. The minimum absolute atomic E-state index is 0.0989. The van der Waals surface area contributed by atoms with Crippen molar-refractivity contribution in [1.29, 1.82) is 0 Å². The molecule has 0 unspecified atom stereocenters. The Balaban J connectivity index is 1.60. The first-order valence-electron chi connectivity index (χ1n) is 12.9. The summed E-state index contributed by atoms with van der Waals surface area (Å²) in [7, 11) is -0.789. The van der Waals surface area contributed by atoms with Gasteiger partial charge in [0.05, 0.1) is 31.1 Å². The number of hydrogen-bond donors (Lipinski definition) is 3. The van der Waals surface area contributed by atoms with Crippen molar-refractivity contribution in [3.05, 3.63) is 66.4 Å². The highest BCUT2D eigenvalue weighted by atomic mass is 32.2. The van der Waals surface area contributed by atoms with Gasteiger partial charge in [0.1, 0.15) is 17.7 Å². The topological polar surface area (TPSA) is 146 Å². The predicted octanol–water partition coefficient (Wildman–Crippen LogP) is 2.74. The average Bonchev–Trinajstić information content (AvgIpc) is 3.39. The molecule has 0 saturated heterocycles. The fourth-order valence-electron chi connectivity index (χ4n) is 4.34. The number of rotatable bonds is 8. The molecule has 4 rings (SSSR count). The maximum Gasteiger partial charge on any atom is 0.321 e. The first-order valence-corrected chi connectivity index (χ1v) is 14.4. The summed E-state index contributed by atoms with van der Waals surface area (Å²) in [5.74, 6) is -0.914. The lowest BCUT2D eigenvalue weighted by molar-refractivity contribution is 0.0371. The van der Waals surface area contributed by atoms with Crippen LogP contribution in [0.25, 0.3) is 0 Å². The van der Waals surface area contributed by atoms with Gasteiger partial charge in [-0.15, -0.1) is 0 Å². The number of nitrogens with one attached hydrogen (secondary N) is 2. The number of benzene rings is 2. The van der Waals surface area contributed by atoms with Gasteiger partial charge in [0.25, 0.3) is 15.9 Å². The number of amides is 3. The molecule has 3 amide bonds. The molecule has 41 heavy (non-hydrogen) atoms. The molecule has 220 valence electrons. The number of sulfonamides is 1. The zero-order chi connectivity index (χ0) is 29.9. The summed E-state index contributed by atoms with van der Waals surface area (Å²) in [6.07, 6.45) is 2.14. The van der Waals surface area contributed by atoms with Gasteiger partial charge in [-0.1, -0.05) is 6.92 Å². The maximum absolute atomic E-state index is 13.6. The molecule has 0 radical (unpaired) electrons. The van der Waals surface area contributed by atoms with Gasteiger partial charge in [0.2, 0.25) is 0 Å². The van der Waals surface area contributed by atoms with Crippen LogP contribution >= 0.6 is 0 Å². The first kappa shape index (κ1) is 29.8. The molecular formula is C27H33FN6O6S. The van der Waals surface area contributed by atoms with Gasteiger partial charge >= 0.3 is 6.03 Å². The zero-order valence-corrected chi connectivity index (χ0v) is 23.9. The van der Waals surface area contributed by atoms with Gasteiger partial charge in [-0.05, 0) is 49.4 Å². The minimum atomic E-state index is -4.02. The van der Waals surface area contributed by atoms with Gasteiger partial charge in [-0.2, -0.15) is 8.42 Å². The Kier molecular flexibility index (Phi) is 8.83. The molecule has 1 aromatic heterocycles. The standard InChI is InChI=1S/C27H33FN6O6S/c1-17-12-34(18(2)15-35)26(36)22-11-21(31-41(38,39)25-14-32(3)16-29-25)9-10-23(22)40-24(17)13-33(4)27(37)30-20-7-5-19(28)6-8-20/h5-11,14,16-18,24,31,35H,12-13,15H2,1-4H3,(H,30,37)/t17-,18+,24+/m1/s1. The van der Waals surface area contributed by atoms with E-state index in [1.54, 1.807) is 21.0 Å². The summed E-state index contributed by atoms with van der Waals surface area (Å²) in [5, 5.41) is 12.4. The number of imidazole rings is 1. The number of ether oxygens (including phenoxy) is 1. The summed E-state index contributed by atoms with van der Waals surface area (Å²) in [6, 6.07) is 8.76. The van der Waals surface area contributed by atoms with Crippen LogP contribution < -0.4 is 14.8 Å². The van der Waals surface area contributed by atoms with Crippen LogP contribution in [0.1, 0.15) is 24.2 Å². The molecule has 0 spiro atoms. The van der Waals surface area contributed by atoms with E-state index in [2.05, 4.69) is 15.0 Å². The van der Waals surface area contributed by atoms with E-state index in [1.165, 1.54) is 69.4 Å². The third-order valence-electron chi connectivity index (χ3n) is 6.77. The van der Waals surface area contributed by atoms with E-state index < -0.39 is 39.9 Å². The fraction of sp³-hybridized carbons (Fsp3) is 0.370. The van der Waals surface area contributed by atoms with Crippen molar-refractivity contribution in [2.24, 2.45) is 13.0 Å². The summed E-state index contributed by atoms with van der Waals surface area (Å²) < 4.78 is 49.1. The number of anilines is 2. The van der Waals surface area contributed by atoms with E-state index in [4.69, 9.17) is 4.74 Å². The molecule has 14 heteroatoms. The van der Waals surface area contributed by atoms with Crippen LogP contribution in [0, 0.1) is 11.7 Å². The van der Waals surface area contributed by atoms with Crippen LogP contribution in [-0.4, -0.2) is 83.7 Å². The number of aliphatic hydroxyl groups excluding tert-OH is 1. The summed E-state index contributed by atoms with van der Waals surface area (Å²) in [4.78, 5) is 33.3. The number of aliphatic hydroxyl groups is 1. The second kappa shape index (κ2) is 12.1. The molecule has 1 aliphatic rings. The number of carbonyl (C=O) groups is 2. The van der Waals surface area contributed by atoms with Crippen LogP contribution in [0.15, 0.2) is 60.0 Å². The van der Waals surface area contributed by atoms with Crippen molar-refractivity contribution in [2.75, 3.05) is 36.8 Å². The molecule has 2 heterocycles. The van der Waals surface area contributed by atoms with Crippen molar-refractivity contribution < 1.29 is 32.2 Å². The molecule has 0 saturated carbocycles. The number of fused-ring (bicyclic) bond motifs is 1. The van der Waals surface area contributed by atoms with Crippen molar-refractivity contribution in [2.45, 2.75) is 31.0 Å². The van der Waals surface area contributed by atoms with Crippen molar-refractivity contribution in [1.82, 2.24) is 19.4 Å². The molecule has 0 bridgehead atoms. The third-order valence-corrected chi connectivity index (χ3v) is 8.04. The van der Waals surface area contributed by atoms with E-state index >= 15 is 0 Å². The Labute approximate surface area is 237 Å². The van der Waals surface area contributed by atoms with Crippen LogP contribution in [0.3, 0.4) is 0 Å². The van der Waals surface area contributed by atoms with Gasteiger partial charge in [0.15, 0.2) is 5.03 Å². The number of carbonyl (C=O) groups excluding carboxylic acids is 2. The number of aryl methyl sites for hydroxylation is 1. The number of halogens is 1. The van der Waals surface area contributed by atoms with Gasteiger partial charge < -0.3 is 29.5 Å². The van der Waals surface area contributed by atoms with Crippen LogP contribution in [0.2, 0.25) is 0 Å². The van der Waals surface area contributed by atoms with E-state index in [0.29, 0.717) is 5.69 Å². The number of nitrogens with zero attached hydrogens (tertiary/aromatic N) is 4. The van der Waals surface area contributed by atoms with Gasteiger partial charge in [0, 0.05) is 44.1 Å². The monoisotopic (exact) mass is 588 g/mol. The lowest BCUT2D eigenvalue weighted by Crippen LogP contribution is -2.50. The summed E-state index contributed by atoms with van der Waals surface area (Å²) in [6.45, 7) is 3.64.